The molecular weight excluding hydrogens is 384 g/mol. The highest BCUT2D eigenvalue weighted by atomic mass is 35.5. The molecule has 0 atom stereocenters. The van der Waals surface area contributed by atoms with Crippen molar-refractivity contribution < 1.29 is 4.42 Å². The molecule has 4 heterocycles. The van der Waals surface area contributed by atoms with Crippen LogP contribution in [0.4, 0.5) is 0 Å². The van der Waals surface area contributed by atoms with Crippen LogP contribution >= 0.6 is 11.6 Å². The quantitative estimate of drug-likeness (QED) is 0.480. The van der Waals surface area contributed by atoms with Gasteiger partial charge < -0.3 is 4.42 Å². The van der Waals surface area contributed by atoms with Crippen molar-refractivity contribution in [1.29, 1.82) is 0 Å². The number of benzene rings is 1. The van der Waals surface area contributed by atoms with Gasteiger partial charge in [0.1, 0.15) is 0 Å². The average molecular weight is 403 g/mol. The van der Waals surface area contributed by atoms with Crippen LogP contribution in [-0.2, 0) is 19.5 Å². The minimum absolute atomic E-state index is 0.656. The smallest absolute Gasteiger partial charge is 0.195 e. The highest BCUT2D eigenvalue weighted by molar-refractivity contribution is 6.30. The van der Waals surface area contributed by atoms with Gasteiger partial charge >= 0.3 is 0 Å². The number of furan rings is 1. The topological polar surface area (TPSA) is 55.1 Å². The Morgan fingerprint density at radius 1 is 1.03 bits per heavy atom. The summed E-state index contributed by atoms with van der Waals surface area (Å²) in [5.74, 6) is 1.36. The Balaban J connectivity index is 1.28. The van der Waals surface area contributed by atoms with E-state index in [4.69, 9.17) is 21.0 Å². The highest BCUT2D eigenvalue weighted by Crippen LogP contribution is 2.24. The maximum Gasteiger partial charge on any atom is 0.195 e. The number of rotatable bonds is 4. The van der Waals surface area contributed by atoms with Gasteiger partial charge in [-0.05, 0) is 35.9 Å². The van der Waals surface area contributed by atoms with E-state index in [0.717, 1.165) is 48.0 Å². The van der Waals surface area contributed by atoms with Crippen LogP contribution in [0.2, 0.25) is 5.02 Å². The second-order valence-corrected chi connectivity index (χ2v) is 7.60. The third-order valence-corrected chi connectivity index (χ3v) is 5.34. The summed E-state index contributed by atoms with van der Waals surface area (Å²) in [6.45, 7) is 2.64. The zero-order valence-electron chi connectivity index (χ0n) is 15.8. The predicted molar refractivity (Wildman–Crippen MR) is 112 cm³/mol. The van der Waals surface area contributed by atoms with Gasteiger partial charge in [0.25, 0.3) is 0 Å². The summed E-state index contributed by atoms with van der Waals surface area (Å²) in [4.78, 5) is 16.2. The Hall–Kier alpha value is -3.02. The van der Waals surface area contributed by atoms with Crippen LogP contribution in [0.25, 0.3) is 22.8 Å². The van der Waals surface area contributed by atoms with Crippen LogP contribution in [0.1, 0.15) is 16.8 Å². The molecule has 0 amide bonds. The molecule has 0 bridgehead atoms. The largest absolute Gasteiger partial charge is 0.461 e. The highest BCUT2D eigenvalue weighted by Gasteiger charge is 2.19. The van der Waals surface area contributed by atoms with E-state index in [1.165, 1.54) is 11.1 Å². The molecule has 0 unspecified atom stereocenters. The molecule has 3 aromatic heterocycles. The number of hydrogen-bond acceptors (Lipinski definition) is 5. The minimum Gasteiger partial charge on any atom is -0.461 e. The monoisotopic (exact) mass is 402 g/mol. The van der Waals surface area contributed by atoms with Crippen LogP contribution in [0.5, 0.6) is 0 Å². The fraction of sp³-hybridized carbons (Fsp3) is 0.174. The molecule has 6 heteroatoms. The fourth-order valence-corrected chi connectivity index (χ4v) is 3.82. The number of nitrogens with zero attached hydrogens (tertiary/aromatic N) is 4. The first-order valence-corrected chi connectivity index (χ1v) is 9.94. The zero-order chi connectivity index (χ0) is 19.6. The molecule has 1 aliphatic rings. The van der Waals surface area contributed by atoms with Gasteiger partial charge in [0, 0.05) is 54.6 Å². The fourth-order valence-electron chi connectivity index (χ4n) is 3.63. The standard InChI is InChI=1S/C23H19ClN4O/c24-19-4-1-3-17(11-19)20-7-6-16(12-25-20)14-28-9-8-21-18(15-28)13-26-23(27-21)22-5-2-10-29-22/h1-7,10-13H,8-9,14-15H2. The summed E-state index contributed by atoms with van der Waals surface area (Å²) in [7, 11) is 0. The van der Waals surface area contributed by atoms with Crippen molar-refractivity contribution in [2.75, 3.05) is 6.54 Å². The summed E-state index contributed by atoms with van der Waals surface area (Å²) in [6.07, 6.45) is 6.42. The number of hydrogen-bond donors (Lipinski definition) is 0. The van der Waals surface area contributed by atoms with Crippen molar-refractivity contribution in [3.63, 3.8) is 0 Å². The van der Waals surface area contributed by atoms with E-state index < -0.39 is 0 Å². The predicted octanol–water partition coefficient (Wildman–Crippen LogP) is 5.01. The van der Waals surface area contributed by atoms with Gasteiger partial charge in [-0.15, -0.1) is 0 Å². The molecule has 1 aliphatic heterocycles. The molecule has 4 aromatic rings. The van der Waals surface area contributed by atoms with Crippen molar-refractivity contribution in [3.8, 4) is 22.8 Å². The number of pyridine rings is 1. The first-order chi connectivity index (χ1) is 14.2. The first kappa shape index (κ1) is 18.0. The van der Waals surface area contributed by atoms with Crippen molar-refractivity contribution in [2.45, 2.75) is 19.5 Å². The Bertz CT molecular complexity index is 1130. The summed E-state index contributed by atoms with van der Waals surface area (Å²) < 4.78 is 5.41. The third-order valence-electron chi connectivity index (χ3n) is 5.11. The molecule has 5 rings (SSSR count). The van der Waals surface area contributed by atoms with Crippen LogP contribution < -0.4 is 0 Å². The van der Waals surface area contributed by atoms with Crippen LogP contribution in [0.3, 0.4) is 0 Å². The Kier molecular flexibility index (Phi) is 4.84. The summed E-state index contributed by atoms with van der Waals surface area (Å²) >= 11 is 6.08. The van der Waals surface area contributed by atoms with Gasteiger partial charge in [-0.3, -0.25) is 9.88 Å². The lowest BCUT2D eigenvalue weighted by atomic mass is 10.1. The first-order valence-electron chi connectivity index (χ1n) is 9.56. The van der Waals surface area contributed by atoms with Gasteiger partial charge in [0.15, 0.2) is 11.6 Å². The minimum atomic E-state index is 0.656. The third kappa shape index (κ3) is 3.92. The summed E-state index contributed by atoms with van der Waals surface area (Å²) in [5, 5.41) is 0.720. The van der Waals surface area contributed by atoms with E-state index in [-0.39, 0.29) is 0 Å². The number of aromatic nitrogens is 3. The maximum atomic E-state index is 6.08. The number of fused-ring (bicyclic) bond motifs is 1. The van der Waals surface area contributed by atoms with Crippen molar-refractivity contribution in [1.82, 2.24) is 19.9 Å². The Labute approximate surface area is 174 Å². The van der Waals surface area contributed by atoms with Gasteiger partial charge in [-0.1, -0.05) is 29.8 Å². The van der Waals surface area contributed by atoms with Gasteiger partial charge in [-0.2, -0.15) is 0 Å². The molecule has 0 aliphatic carbocycles. The molecule has 1 aromatic carbocycles. The summed E-state index contributed by atoms with van der Waals surface area (Å²) in [6, 6.07) is 15.7. The molecule has 0 N–H and O–H groups in total. The van der Waals surface area contributed by atoms with Crippen molar-refractivity contribution in [2.24, 2.45) is 0 Å². The van der Waals surface area contributed by atoms with E-state index in [0.29, 0.717) is 11.6 Å². The van der Waals surface area contributed by atoms with E-state index >= 15 is 0 Å². The van der Waals surface area contributed by atoms with Gasteiger partial charge in [-0.25, -0.2) is 9.97 Å². The van der Waals surface area contributed by atoms with Gasteiger partial charge in [0.05, 0.1) is 17.7 Å². The molecule has 0 radical (unpaired) electrons. The molecule has 144 valence electrons. The molecule has 29 heavy (non-hydrogen) atoms. The molecule has 0 fully saturated rings. The molecular formula is C23H19ClN4O. The van der Waals surface area contributed by atoms with Crippen molar-refractivity contribution >= 4 is 11.6 Å². The second-order valence-electron chi connectivity index (χ2n) is 7.17. The zero-order valence-corrected chi connectivity index (χ0v) is 16.5. The molecule has 5 nitrogen and oxygen atoms in total. The molecule has 0 saturated heterocycles. The van der Waals surface area contributed by atoms with Crippen LogP contribution in [0, 0.1) is 0 Å². The number of halogens is 1. The van der Waals surface area contributed by atoms with Crippen LogP contribution in [0.15, 0.2) is 71.6 Å². The van der Waals surface area contributed by atoms with E-state index in [1.807, 2.05) is 48.8 Å². The molecule has 0 spiro atoms. The Morgan fingerprint density at radius 3 is 2.79 bits per heavy atom. The van der Waals surface area contributed by atoms with E-state index in [1.54, 1.807) is 6.26 Å². The maximum absolute atomic E-state index is 6.08. The normalized spacial score (nSPS) is 14.0. The summed E-state index contributed by atoms with van der Waals surface area (Å²) in [5.41, 5.74) is 5.43. The lowest BCUT2D eigenvalue weighted by Gasteiger charge is -2.27. The lowest BCUT2D eigenvalue weighted by Crippen LogP contribution is -2.31. The van der Waals surface area contributed by atoms with Gasteiger partial charge in [0.2, 0.25) is 0 Å². The van der Waals surface area contributed by atoms with E-state index in [9.17, 15) is 0 Å². The van der Waals surface area contributed by atoms with Crippen LogP contribution in [-0.4, -0.2) is 26.4 Å². The second kappa shape index (κ2) is 7.78. The SMILES string of the molecule is Clc1cccc(-c2ccc(CN3CCc4nc(-c5ccco5)ncc4C3)cn2)c1. The molecule has 0 saturated carbocycles. The Morgan fingerprint density at radius 2 is 2.00 bits per heavy atom. The lowest BCUT2D eigenvalue weighted by molar-refractivity contribution is 0.242. The average Bonchev–Trinajstić information content (AvgIpc) is 3.29. The van der Waals surface area contributed by atoms with E-state index in [2.05, 4.69) is 27.0 Å². The van der Waals surface area contributed by atoms with Crippen molar-refractivity contribution in [3.05, 3.63) is 89.0 Å².